The van der Waals surface area contributed by atoms with Gasteiger partial charge in [0.05, 0.1) is 34.9 Å². The summed E-state index contributed by atoms with van der Waals surface area (Å²) in [5, 5.41) is 2.94. The molecule has 2 aliphatic heterocycles. The maximum Gasteiger partial charge on any atom is 0.243 e. The van der Waals surface area contributed by atoms with Gasteiger partial charge in [-0.3, -0.25) is 4.79 Å². The molecule has 10 heteroatoms. The Kier molecular flexibility index (Phi) is 6.49. The number of halogens is 2. The fourth-order valence-corrected chi connectivity index (χ4v) is 6.35. The number of hydrogen-bond donors (Lipinski definition) is 1. The van der Waals surface area contributed by atoms with Crippen molar-refractivity contribution in [1.82, 2.24) is 4.31 Å². The monoisotopic (exact) mass is 489 g/mol. The van der Waals surface area contributed by atoms with Crippen LogP contribution in [0.15, 0.2) is 23.1 Å². The SMILES string of the molecule is CC1(C(=O)Nc2cc(S(=O)(=O)N3CCOCC3)ccc2N2CCCCCC2)CC1(Cl)Cl. The van der Waals surface area contributed by atoms with E-state index >= 15 is 0 Å². The van der Waals surface area contributed by atoms with E-state index in [0.29, 0.717) is 38.4 Å². The van der Waals surface area contributed by atoms with E-state index < -0.39 is 19.8 Å². The van der Waals surface area contributed by atoms with Gasteiger partial charge >= 0.3 is 0 Å². The van der Waals surface area contributed by atoms with Crippen LogP contribution in [0.2, 0.25) is 0 Å². The first-order valence-electron chi connectivity index (χ1n) is 10.8. The molecule has 2 heterocycles. The predicted molar refractivity (Wildman–Crippen MR) is 122 cm³/mol. The van der Waals surface area contributed by atoms with Crippen molar-refractivity contribution in [2.24, 2.45) is 5.41 Å². The zero-order valence-corrected chi connectivity index (χ0v) is 20.0. The molecule has 3 fully saturated rings. The van der Waals surface area contributed by atoms with Gasteiger partial charge in [0.25, 0.3) is 0 Å². The van der Waals surface area contributed by atoms with Crippen LogP contribution in [0.25, 0.3) is 0 Å². The zero-order valence-electron chi connectivity index (χ0n) is 17.7. The summed E-state index contributed by atoms with van der Waals surface area (Å²) in [5.74, 6) is -0.297. The van der Waals surface area contributed by atoms with Crippen molar-refractivity contribution in [2.75, 3.05) is 49.6 Å². The molecule has 3 aliphatic rings. The van der Waals surface area contributed by atoms with Crippen LogP contribution in [0.3, 0.4) is 0 Å². The normalized spacial score (nSPS) is 26.9. The second-order valence-corrected chi connectivity index (χ2v) is 12.2. The zero-order chi connectivity index (χ0) is 22.3. The van der Waals surface area contributed by atoms with Crippen LogP contribution >= 0.6 is 23.2 Å². The van der Waals surface area contributed by atoms with E-state index in [0.717, 1.165) is 31.6 Å². The van der Waals surface area contributed by atoms with Gasteiger partial charge in [-0.25, -0.2) is 8.42 Å². The number of benzene rings is 1. The molecule has 2 saturated heterocycles. The van der Waals surface area contributed by atoms with E-state index in [4.69, 9.17) is 27.9 Å². The van der Waals surface area contributed by atoms with E-state index in [-0.39, 0.29) is 10.8 Å². The number of nitrogens with one attached hydrogen (secondary N) is 1. The summed E-state index contributed by atoms with van der Waals surface area (Å²) >= 11 is 12.4. The Morgan fingerprint density at radius 2 is 1.68 bits per heavy atom. The Hall–Kier alpha value is -1.06. The highest BCUT2D eigenvalue weighted by molar-refractivity contribution is 7.89. The molecule has 1 saturated carbocycles. The van der Waals surface area contributed by atoms with E-state index in [1.807, 2.05) is 0 Å². The molecule has 1 aromatic rings. The first-order chi connectivity index (χ1) is 14.6. The van der Waals surface area contributed by atoms with Gasteiger partial charge in [-0.05, 0) is 44.4 Å². The molecular weight excluding hydrogens is 461 g/mol. The quantitative estimate of drug-likeness (QED) is 0.639. The largest absolute Gasteiger partial charge is 0.379 e. The molecular formula is C21H29Cl2N3O4S. The number of rotatable bonds is 5. The molecule has 1 aromatic carbocycles. The molecule has 1 amide bonds. The lowest BCUT2D eigenvalue weighted by Crippen LogP contribution is -2.40. The maximum atomic E-state index is 13.2. The number of morpholine rings is 1. The number of carbonyl (C=O) groups is 1. The first-order valence-corrected chi connectivity index (χ1v) is 13.0. The molecule has 0 aromatic heterocycles. The third kappa shape index (κ3) is 4.55. The molecule has 0 bridgehead atoms. The van der Waals surface area contributed by atoms with E-state index in [1.165, 1.54) is 17.1 Å². The lowest BCUT2D eigenvalue weighted by atomic mass is 10.1. The highest BCUT2D eigenvalue weighted by atomic mass is 35.5. The van der Waals surface area contributed by atoms with Crippen LogP contribution in [0, 0.1) is 5.41 Å². The summed E-state index contributed by atoms with van der Waals surface area (Å²) in [6, 6.07) is 5.00. The summed E-state index contributed by atoms with van der Waals surface area (Å²) in [6.45, 7) is 4.84. The number of nitrogens with zero attached hydrogens (tertiary/aromatic N) is 2. The minimum absolute atomic E-state index is 0.159. The van der Waals surface area contributed by atoms with Crippen LogP contribution in [0.5, 0.6) is 0 Å². The second-order valence-electron chi connectivity index (χ2n) is 8.76. The number of sulfonamides is 1. The summed E-state index contributed by atoms with van der Waals surface area (Å²) in [4.78, 5) is 15.4. The maximum absolute atomic E-state index is 13.2. The minimum Gasteiger partial charge on any atom is -0.379 e. The van der Waals surface area contributed by atoms with Gasteiger partial charge in [-0.2, -0.15) is 4.31 Å². The van der Waals surface area contributed by atoms with E-state index in [9.17, 15) is 13.2 Å². The van der Waals surface area contributed by atoms with Crippen LogP contribution in [-0.4, -0.2) is 62.4 Å². The number of amides is 1. The van der Waals surface area contributed by atoms with E-state index in [1.54, 1.807) is 25.1 Å². The summed E-state index contributed by atoms with van der Waals surface area (Å²) in [7, 11) is -3.69. The third-order valence-corrected chi connectivity index (χ3v) is 9.53. The lowest BCUT2D eigenvalue weighted by Gasteiger charge is -2.29. The number of anilines is 2. The van der Waals surface area contributed by atoms with Crippen molar-refractivity contribution in [1.29, 1.82) is 0 Å². The molecule has 0 spiro atoms. The molecule has 1 N–H and O–H groups in total. The molecule has 1 atom stereocenters. The van der Waals surface area contributed by atoms with Gasteiger partial charge in [0.1, 0.15) is 4.33 Å². The third-order valence-electron chi connectivity index (χ3n) is 6.53. The van der Waals surface area contributed by atoms with Crippen molar-refractivity contribution in [3.8, 4) is 0 Å². The molecule has 7 nitrogen and oxygen atoms in total. The van der Waals surface area contributed by atoms with Crippen molar-refractivity contribution < 1.29 is 17.9 Å². The molecule has 1 unspecified atom stereocenters. The van der Waals surface area contributed by atoms with Gasteiger partial charge < -0.3 is 15.0 Å². The van der Waals surface area contributed by atoms with Gasteiger partial charge in [-0.1, -0.05) is 12.8 Å². The second kappa shape index (κ2) is 8.71. The summed E-state index contributed by atoms with van der Waals surface area (Å²) < 4.78 is 32.0. The Morgan fingerprint density at radius 3 is 2.26 bits per heavy atom. The van der Waals surface area contributed by atoms with Crippen molar-refractivity contribution in [3.05, 3.63) is 18.2 Å². The van der Waals surface area contributed by atoms with Gasteiger partial charge in [0.2, 0.25) is 15.9 Å². The fraction of sp³-hybridized carbons (Fsp3) is 0.667. The van der Waals surface area contributed by atoms with Gasteiger partial charge in [0.15, 0.2) is 0 Å². The molecule has 1 aliphatic carbocycles. The van der Waals surface area contributed by atoms with Crippen LogP contribution < -0.4 is 10.2 Å². The Balaban J connectivity index is 1.67. The molecule has 31 heavy (non-hydrogen) atoms. The standard InChI is InChI=1S/C21H29Cl2N3O4S/c1-20(15-21(20,22)23)19(27)24-17-14-16(31(28,29)26-10-12-30-13-11-26)6-7-18(17)25-8-4-2-3-5-9-25/h6-7,14H,2-5,8-13,15H2,1H3,(H,24,27). The smallest absolute Gasteiger partial charge is 0.243 e. The molecule has 4 rings (SSSR count). The van der Waals surface area contributed by atoms with Gasteiger partial charge in [-0.15, -0.1) is 23.2 Å². The van der Waals surface area contributed by atoms with Crippen molar-refractivity contribution in [3.63, 3.8) is 0 Å². The highest BCUT2D eigenvalue weighted by Gasteiger charge is 2.68. The Bertz CT molecular complexity index is 942. The van der Waals surface area contributed by atoms with Crippen LogP contribution in [0.1, 0.15) is 39.0 Å². The number of hydrogen-bond acceptors (Lipinski definition) is 5. The Morgan fingerprint density at radius 1 is 1.06 bits per heavy atom. The fourth-order valence-electron chi connectivity index (χ4n) is 4.21. The number of alkyl halides is 2. The average Bonchev–Trinajstić information content (AvgIpc) is 3.39. The summed E-state index contributed by atoms with van der Waals surface area (Å²) in [6.07, 6.45) is 4.82. The number of ether oxygens (including phenoxy) is 1. The average molecular weight is 490 g/mol. The van der Waals surface area contributed by atoms with E-state index in [2.05, 4.69) is 10.2 Å². The van der Waals surface area contributed by atoms with Crippen molar-refractivity contribution in [2.45, 2.75) is 48.3 Å². The topological polar surface area (TPSA) is 79.0 Å². The minimum atomic E-state index is -3.69. The van der Waals surface area contributed by atoms with Gasteiger partial charge in [0, 0.05) is 26.2 Å². The number of carbonyl (C=O) groups excluding carboxylic acids is 1. The van der Waals surface area contributed by atoms with Crippen molar-refractivity contribution >= 4 is 50.5 Å². The predicted octanol–water partition coefficient (Wildman–Crippen LogP) is 3.61. The first kappa shape index (κ1) is 23.1. The molecule has 172 valence electrons. The summed E-state index contributed by atoms with van der Waals surface area (Å²) in [5.41, 5.74) is 0.416. The lowest BCUT2D eigenvalue weighted by molar-refractivity contribution is -0.120. The molecule has 0 radical (unpaired) electrons. The van der Waals surface area contributed by atoms with Crippen LogP contribution in [0.4, 0.5) is 11.4 Å². The van der Waals surface area contributed by atoms with Crippen LogP contribution in [-0.2, 0) is 19.6 Å². The highest BCUT2D eigenvalue weighted by Crippen LogP contribution is 2.64. The Labute approximate surface area is 194 Å².